The first-order valence-corrected chi connectivity index (χ1v) is 9.82. The van der Waals surface area contributed by atoms with Crippen LogP contribution in [0, 0.1) is 0 Å². The number of oxime groups is 1. The smallest absolute Gasteiger partial charge is 0.411 e. The van der Waals surface area contributed by atoms with E-state index in [9.17, 15) is 26.3 Å². The third kappa shape index (κ3) is 5.03. The van der Waals surface area contributed by atoms with Crippen LogP contribution in [0.5, 0.6) is 0 Å². The zero-order chi connectivity index (χ0) is 22.8. The summed E-state index contributed by atoms with van der Waals surface area (Å²) in [5.74, 6) is -0.509. The molecule has 0 aromatic heterocycles. The summed E-state index contributed by atoms with van der Waals surface area (Å²) >= 11 is 0. The summed E-state index contributed by atoms with van der Waals surface area (Å²) in [6.45, 7) is 0. The summed E-state index contributed by atoms with van der Waals surface area (Å²) in [6, 6.07) is 11.0. The minimum absolute atomic E-state index is 0.117. The van der Waals surface area contributed by atoms with Crippen molar-refractivity contribution in [2.75, 3.05) is 0 Å². The van der Waals surface area contributed by atoms with Gasteiger partial charge in [-0.25, -0.2) is 0 Å². The molecule has 2 aromatic carbocycles. The van der Waals surface area contributed by atoms with Gasteiger partial charge in [-0.15, -0.1) is 0 Å². The molecule has 2 saturated carbocycles. The quantitative estimate of drug-likeness (QED) is 0.323. The summed E-state index contributed by atoms with van der Waals surface area (Å²) in [6.07, 6.45) is -5.89. The van der Waals surface area contributed by atoms with Crippen molar-refractivity contribution in [1.29, 1.82) is 0 Å². The Bertz CT molecular complexity index is 938. The molecule has 3 N–H and O–H groups in total. The summed E-state index contributed by atoms with van der Waals surface area (Å²) in [5, 5.41) is 11.6. The minimum atomic E-state index is -4.35. The normalized spacial score (nSPS) is 24.6. The van der Waals surface area contributed by atoms with Gasteiger partial charge >= 0.3 is 12.4 Å². The highest BCUT2D eigenvalue weighted by atomic mass is 19.4. The number of nitrogens with zero attached hydrogens (tertiary/aromatic N) is 1. The van der Waals surface area contributed by atoms with Gasteiger partial charge in [-0.05, 0) is 54.9 Å². The Morgan fingerprint density at radius 3 is 1.68 bits per heavy atom. The van der Waals surface area contributed by atoms with Gasteiger partial charge in [0.25, 0.3) is 0 Å². The van der Waals surface area contributed by atoms with E-state index in [1.54, 1.807) is 12.1 Å². The number of hydrogen-bond acceptors (Lipinski definition) is 3. The number of benzene rings is 2. The van der Waals surface area contributed by atoms with E-state index in [0.717, 1.165) is 25.0 Å². The molecule has 0 heterocycles. The van der Waals surface area contributed by atoms with Gasteiger partial charge in [0.15, 0.2) is 0 Å². The van der Waals surface area contributed by atoms with Crippen LogP contribution in [0.2, 0.25) is 0 Å². The molecule has 0 radical (unpaired) electrons. The maximum Gasteiger partial charge on any atom is 0.416 e. The topological polar surface area (TPSA) is 58.6 Å². The van der Waals surface area contributed by atoms with Crippen LogP contribution in [-0.4, -0.2) is 17.0 Å². The molecule has 0 bridgehead atoms. The van der Waals surface area contributed by atoms with E-state index < -0.39 is 23.5 Å². The lowest BCUT2D eigenvalue weighted by Crippen LogP contribution is -2.38. The summed E-state index contributed by atoms with van der Waals surface area (Å²) in [7, 11) is 0. The van der Waals surface area contributed by atoms with Gasteiger partial charge < -0.3 is 10.9 Å². The van der Waals surface area contributed by atoms with E-state index in [4.69, 9.17) is 10.9 Å². The molecule has 9 heteroatoms. The van der Waals surface area contributed by atoms with Crippen molar-refractivity contribution in [3.05, 3.63) is 70.8 Å². The first-order valence-electron chi connectivity index (χ1n) is 9.82. The molecule has 2 aliphatic rings. The summed E-state index contributed by atoms with van der Waals surface area (Å²) in [5.41, 5.74) is 5.51. The fourth-order valence-corrected chi connectivity index (χ4v) is 3.92. The van der Waals surface area contributed by atoms with Crippen molar-refractivity contribution < 1.29 is 31.5 Å². The van der Waals surface area contributed by atoms with Gasteiger partial charge in [-0.1, -0.05) is 41.6 Å². The number of nitrogens with two attached hydrogens (primary N) is 1. The van der Waals surface area contributed by atoms with Crippen LogP contribution in [0.1, 0.15) is 59.8 Å². The fourth-order valence-electron chi connectivity index (χ4n) is 3.92. The van der Waals surface area contributed by atoms with E-state index in [0.29, 0.717) is 24.1 Å². The second-order valence-electron chi connectivity index (χ2n) is 7.70. The van der Waals surface area contributed by atoms with E-state index in [-0.39, 0.29) is 23.4 Å². The van der Waals surface area contributed by atoms with Crippen molar-refractivity contribution in [3.8, 4) is 0 Å². The lowest BCUT2D eigenvalue weighted by molar-refractivity contribution is -0.139. The van der Waals surface area contributed by atoms with Crippen LogP contribution in [-0.2, 0) is 12.4 Å². The van der Waals surface area contributed by atoms with Crippen molar-refractivity contribution in [2.45, 2.75) is 55.9 Å². The Hall–Kier alpha value is -2.55. The van der Waals surface area contributed by atoms with Crippen LogP contribution < -0.4 is 5.73 Å². The lowest BCUT2D eigenvalue weighted by Gasteiger charge is -2.35. The van der Waals surface area contributed by atoms with Gasteiger partial charge in [-0.2, -0.15) is 26.3 Å². The molecule has 3 unspecified atom stereocenters. The van der Waals surface area contributed by atoms with E-state index >= 15 is 0 Å². The molecule has 0 saturated heterocycles. The highest BCUT2D eigenvalue weighted by Gasteiger charge is 2.39. The van der Waals surface area contributed by atoms with Gasteiger partial charge in [-0.3, -0.25) is 0 Å². The maximum absolute atomic E-state index is 12.7. The van der Waals surface area contributed by atoms with Crippen molar-refractivity contribution in [1.82, 2.24) is 0 Å². The Labute approximate surface area is 175 Å². The van der Waals surface area contributed by atoms with E-state index in [1.807, 2.05) is 0 Å². The third-order valence-electron chi connectivity index (χ3n) is 5.85. The van der Waals surface area contributed by atoms with Gasteiger partial charge in [0, 0.05) is 12.0 Å². The molecule has 3 atom stereocenters. The average molecular weight is 444 g/mol. The Morgan fingerprint density at radius 1 is 0.774 bits per heavy atom. The van der Waals surface area contributed by atoms with E-state index in [2.05, 4.69) is 5.16 Å². The number of alkyl halides is 6. The molecule has 3 nitrogen and oxygen atoms in total. The van der Waals surface area contributed by atoms with Crippen LogP contribution in [0.25, 0.3) is 0 Å². The number of halogens is 6. The fraction of sp³-hybridized carbons (Fsp3) is 0.409. The second kappa shape index (κ2) is 8.90. The number of rotatable bonds is 2. The van der Waals surface area contributed by atoms with Gasteiger partial charge in [0.2, 0.25) is 0 Å². The molecule has 0 spiro atoms. The zero-order valence-electron chi connectivity index (χ0n) is 16.4. The molecule has 2 aromatic rings. The Balaban J connectivity index is 0.000000176. The average Bonchev–Trinajstić information content (AvgIpc) is 2.66. The zero-order valence-corrected chi connectivity index (χ0v) is 16.4. The first-order chi connectivity index (χ1) is 14.5. The Morgan fingerprint density at radius 2 is 1.29 bits per heavy atom. The molecular weight excluding hydrogens is 422 g/mol. The Kier molecular flexibility index (Phi) is 6.64. The third-order valence-corrected chi connectivity index (χ3v) is 5.85. The molecular formula is C22H22F6N2O. The molecule has 2 fully saturated rings. The summed E-state index contributed by atoms with van der Waals surface area (Å²) in [4.78, 5) is 0. The van der Waals surface area contributed by atoms with Gasteiger partial charge in [0.05, 0.1) is 16.8 Å². The highest BCUT2D eigenvalue weighted by molar-refractivity contribution is 5.96. The van der Waals surface area contributed by atoms with Crippen LogP contribution in [0.4, 0.5) is 26.3 Å². The largest absolute Gasteiger partial charge is 0.416 e. The highest BCUT2D eigenvalue weighted by Crippen LogP contribution is 2.43. The molecule has 0 aliphatic heterocycles. The predicted octanol–water partition coefficient (Wildman–Crippen LogP) is 6.32. The van der Waals surface area contributed by atoms with Gasteiger partial charge in [0.1, 0.15) is 0 Å². The number of hydrogen-bond donors (Lipinski definition) is 2. The van der Waals surface area contributed by atoms with Crippen LogP contribution in [0.3, 0.4) is 0 Å². The molecule has 2 aliphatic carbocycles. The lowest BCUT2D eigenvalue weighted by atomic mass is 9.74. The first kappa shape index (κ1) is 23.1. The monoisotopic (exact) mass is 444 g/mol. The SMILES string of the molecule is NC1CCC1c1ccccc1C(F)(F)F.ON=C1CCC1c1ccccc1C(F)(F)F. The van der Waals surface area contributed by atoms with E-state index in [1.165, 1.54) is 24.3 Å². The van der Waals surface area contributed by atoms with Crippen molar-refractivity contribution in [3.63, 3.8) is 0 Å². The predicted molar refractivity (Wildman–Crippen MR) is 104 cm³/mol. The molecule has 0 amide bonds. The molecule has 4 rings (SSSR count). The summed E-state index contributed by atoms with van der Waals surface area (Å²) < 4.78 is 76.1. The van der Waals surface area contributed by atoms with Crippen LogP contribution in [0.15, 0.2) is 53.7 Å². The van der Waals surface area contributed by atoms with Crippen molar-refractivity contribution >= 4 is 5.71 Å². The van der Waals surface area contributed by atoms with Crippen molar-refractivity contribution in [2.24, 2.45) is 10.9 Å². The maximum atomic E-state index is 12.7. The minimum Gasteiger partial charge on any atom is -0.411 e. The second-order valence-corrected chi connectivity index (χ2v) is 7.70. The van der Waals surface area contributed by atoms with Crippen LogP contribution >= 0.6 is 0 Å². The molecule has 168 valence electrons. The molecule has 31 heavy (non-hydrogen) atoms. The standard InChI is InChI=1S/C11H10F3NO.C11H12F3N/c12-11(13,14)9-4-2-1-3-7(9)8-5-6-10(8)15-16;12-11(13,14)9-4-2-1-3-7(9)8-5-6-10(8)15/h1-4,8,16H,5-6H2;1-4,8,10H,5-6,15H2.